The molecule has 0 radical (unpaired) electrons. The second-order valence-electron chi connectivity index (χ2n) is 2.82. The summed E-state index contributed by atoms with van der Waals surface area (Å²) in [6.07, 6.45) is 0. The van der Waals surface area contributed by atoms with E-state index in [2.05, 4.69) is 5.16 Å². The number of nitriles is 1. The molecule has 2 aromatic rings. The minimum absolute atomic E-state index is 0.422. The van der Waals surface area contributed by atoms with Crippen molar-refractivity contribution in [1.82, 2.24) is 5.16 Å². The number of nitrogens with two attached hydrogens (primary N) is 1. The molecule has 0 atom stereocenters. The highest BCUT2D eigenvalue weighted by Gasteiger charge is 2.07. The van der Waals surface area contributed by atoms with Crippen LogP contribution in [0.3, 0.4) is 0 Å². The van der Waals surface area contributed by atoms with E-state index >= 15 is 0 Å². The van der Waals surface area contributed by atoms with Crippen LogP contribution in [0, 0.1) is 18.3 Å². The molecule has 1 aromatic heterocycles. The molecule has 0 amide bonds. The molecule has 0 aliphatic heterocycles. The van der Waals surface area contributed by atoms with Gasteiger partial charge in [0.2, 0.25) is 0 Å². The fourth-order valence-electron chi connectivity index (χ4n) is 1.22. The average molecular weight is 173 g/mol. The molecule has 0 unspecified atom stereocenters. The van der Waals surface area contributed by atoms with Crippen LogP contribution in [0.2, 0.25) is 0 Å². The van der Waals surface area contributed by atoms with Gasteiger partial charge in [0.1, 0.15) is 6.07 Å². The van der Waals surface area contributed by atoms with Gasteiger partial charge in [0.25, 0.3) is 0 Å². The number of benzene rings is 1. The van der Waals surface area contributed by atoms with Gasteiger partial charge in [0.05, 0.1) is 16.9 Å². The Morgan fingerprint density at radius 3 is 3.00 bits per heavy atom. The summed E-state index contributed by atoms with van der Waals surface area (Å²) in [4.78, 5) is 0. The summed E-state index contributed by atoms with van der Waals surface area (Å²) in [6, 6.07) is 5.32. The van der Waals surface area contributed by atoms with Crippen molar-refractivity contribution in [2.45, 2.75) is 6.92 Å². The van der Waals surface area contributed by atoms with Crippen LogP contribution in [0.25, 0.3) is 11.0 Å². The maximum absolute atomic E-state index is 8.73. The zero-order chi connectivity index (χ0) is 9.42. The van der Waals surface area contributed by atoms with Gasteiger partial charge in [-0.15, -0.1) is 0 Å². The normalized spacial score (nSPS) is 10.2. The van der Waals surface area contributed by atoms with Crippen molar-refractivity contribution in [1.29, 1.82) is 5.26 Å². The van der Waals surface area contributed by atoms with Gasteiger partial charge in [-0.05, 0) is 13.0 Å². The van der Waals surface area contributed by atoms with Crippen LogP contribution < -0.4 is 5.73 Å². The lowest BCUT2D eigenvalue weighted by atomic mass is 10.1. The number of nitrogens with zero attached hydrogens (tertiary/aromatic N) is 2. The second kappa shape index (κ2) is 2.49. The van der Waals surface area contributed by atoms with E-state index in [1.54, 1.807) is 12.1 Å². The molecule has 0 aliphatic carbocycles. The number of fused-ring (bicyclic) bond motifs is 1. The van der Waals surface area contributed by atoms with E-state index in [9.17, 15) is 0 Å². The highest BCUT2D eigenvalue weighted by atomic mass is 16.5. The van der Waals surface area contributed by atoms with E-state index < -0.39 is 0 Å². The summed E-state index contributed by atoms with van der Waals surface area (Å²) in [7, 11) is 0. The molecule has 1 heterocycles. The van der Waals surface area contributed by atoms with Crippen molar-refractivity contribution in [3.8, 4) is 6.07 Å². The largest absolute Gasteiger partial charge is 0.398 e. The zero-order valence-corrected chi connectivity index (χ0v) is 7.03. The third-order valence-electron chi connectivity index (χ3n) is 1.94. The van der Waals surface area contributed by atoms with Crippen molar-refractivity contribution in [2.24, 2.45) is 0 Å². The molecule has 0 bridgehead atoms. The minimum atomic E-state index is 0.422. The van der Waals surface area contributed by atoms with Gasteiger partial charge in [-0.3, -0.25) is 0 Å². The first-order valence-corrected chi connectivity index (χ1v) is 3.78. The number of rotatable bonds is 0. The van der Waals surface area contributed by atoms with E-state index in [4.69, 9.17) is 15.5 Å². The highest BCUT2D eigenvalue weighted by Crippen LogP contribution is 2.23. The van der Waals surface area contributed by atoms with Crippen molar-refractivity contribution in [3.63, 3.8) is 0 Å². The van der Waals surface area contributed by atoms with Gasteiger partial charge in [-0.2, -0.15) is 5.26 Å². The predicted molar refractivity (Wildman–Crippen MR) is 47.9 cm³/mol. The first kappa shape index (κ1) is 7.62. The number of aromatic nitrogens is 1. The molecule has 4 nitrogen and oxygen atoms in total. The molecule has 0 aliphatic rings. The van der Waals surface area contributed by atoms with Crippen molar-refractivity contribution < 1.29 is 4.52 Å². The summed E-state index contributed by atoms with van der Waals surface area (Å²) in [5.74, 6) is 0. The first-order valence-electron chi connectivity index (χ1n) is 3.78. The summed E-state index contributed by atoms with van der Waals surface area (Å²) < 4.78 is 4.99. The Bertz CT molecular complexity index is 507. The van der Waals surface area contributed by atoms with Gasteiger partial charge in [0, 0.05) is 11.5 Å². The van der Waals surface area contributed by atoms with E-state index in [1.807, 2.05) is 13.0 Å². The van der Waals surface area contributed by atoms with Gasteiger partial charge in [-0.25, -0.2) is 0 Å². The van der Waals surface area contributed by atoms with Crippen LogP contribution in [0.4, 0.5) is 5.69 Å². The average Bonchev–Trinajstić information content (AvgIpc) is 2.46. The smallest absolute Gasteiger partial charge is 0.169 e. The number of anilines is 1. The Labute approximate surface area is 74.5 Å². The van der Waals surface area contributed by atoms with Gasteiger partial charge in [-0.1, -0.05) is 5.16 Å². The number of hydrogen-bond acceptors (Lipinski definition) is 4. The summed E-state index contributed by atoms with van der Waals surface area (Å²) >= 11 is 0. The van der Waals surface area contributed by atoms with Crippen LogP contribution in [-0.4, -0.2) is 5.16 Å². The fourth-order valence-corrected chi connectivity index (χ4v) is 1.22. The predicted octanol–water partition coefficient (Wildman–Crippen LogP) is 1.59. The van der Waals surface area contributed by atoms with Crippen LogP contribution in [0.15, 0.2) is 16.7 Å². The monoisotopic (exact) mass is 173 g/mol. The van der Waals surface area contributed by atoms with E-state index in [-0.39, 0.29) is 0 Å². The number of nitrogen functional groups attached to an aromatic ring is 1. The lowest BCUT2D eigenvalue weighted by Crippen LogP contribution is -1.89. The molecule has 0 saturated heterocycles. The molecule has 2 N–H and O–H groups in total. The molecule has 2 rings (SSSR count). The Morgan fingerprint density at radius 1 is 1.54 bits per heavy atom. The lowest BCUT2D eigenvalue weighted by Gasteiger charge is -1.95. The standard InChI is InChI=1S/C9H7N3O/c1-5-7-2-6(4-10)8(11)3-9(7)13-12-5/h2-3H,11H2,1H3. The van der Waals surface area contributed by atoms with Crippen LogP contribution in [-0.2, 0) is 0 Å². The summed E-state index contributed by atoms with van der Waals surface area (Å²) in [6.45, 7) is 1.82. The highest BCUT2D eigenvalue weighted by molar-refractivity contribution is 5.85. The molecular formula is C9H7N3O. The number of hydrogen-bond donors (Lipinski definition) is 1. The number of aryl methyl sites for hydroxylation is 1. The molecule has 1 aromatic carbocycles. The fraction of sp³-hybridized carbons (Fsp3) is 0.111. The summed E-state index contributed by atoms with van der Waals surface area (Å²) in [5.41, 5.74) is 7.87. The molecule has 0 saturated carbocycles. The van der Waals surface area contributed by atoms with Gasteiger partial charge in [0.15, 0.2) is 5.58 Å². The van der Waals surface area contributed by atoms with Crippen molar-refractivity contribution in [3.05, 3.63) is 23.4 Å². The third-order valence-corrected chi connectivity index (χ3v) is 1.94. The quantitative estimate of drug-likeness (QED) is 0.614. The molecule has 13 heavy (non-hydrogen) atoms. The topological polar surface area (TPSA) is 75.8 Å². The molecule has 0 spiro atoms. The van der Waals surface area contributed by atoms with Crippen molar-refractivity contribution >= 4 is 16.7 Å². The van der Waals surface area contributed by atoms with Crippen LogP contribution in [0.1, 0.15) is 11.3 Å². The Kier molecular flexibility index (Phi) is 1.46. The van der Waals surface area contributed by atoms with Crippen LogP contribution in [0.5, 0.6) is 0 Å². The molecular weight excluding hydrogens is 166 g/mol. The Balaban J connectivity index is 2.86. The van der Waals surface area contributed by atoms with Crippen molar-refractivity contribution in [2.75, 3.05) is 5.73 Å². The van der Waals surface area contributed by atoms with E-state index in [0.29, 0.717) is 16.8 Å². The molecule has 64 valence electrons. The Hall–Kier alpha value is -2.02. The van der Waals surface area contributed by atoms with Gasteiger partial charge < -0.3 is 10.3 Å². The maximum atomic E-state index is 8.73. The minimum Gasteiger partial charge on any atom is -0.398 e. The molecule has 4 heteroatoms. The Morgan fingerprint density at radius 2 is 2.31 bits per heavy atom. The second-order valence-corrected chi connectivity index (χ2v) is 2.82. The third kappa shape index (κ3) is 1.02. The zero-order valence-electron chi connectivity index (χ0n) is 7.03. The lowest BCUT2D eigenvalue weighted by molar-refractivity contribution is 0.450. The van der Waals surface area contributed by atoms with E-state index in [0.717, 1.165) is 11.1 Å². The van der Waals surface area contributed by atoms with E-state index in [1.165, 1.54) is 0 Å². The molecule has 0 fully saturated rings. The van der Waals surface area contributed by atoms with Gasteiger partial charge >= 0.3 is 0 Å². The van der Waals surface area contributed by atoms with Crippen LogP contribution >= 0.6 is 0 Å². The first-order chi connectivity index (χ1) is 6.22. The summed E-state index contributed by atoms with van der Waals surface area (Å²) in [5, 5.41) is 13.3. The maximum Gasteiger partial charge on any atom is 0.169 e. The SMILES string of the molecule is Cc1noc2cc(N)c(C#N)cc12.